The second kappa shape index (κ2) is 12.1. The molecule has 0 saturated carbocycles. The molecule has 0 radical (unpaired) electrons. The number of benzene rings is 4. The molecule has 4 aromatic rings. The molecule has 2 amide bonds. The Labute approximate surface area is 216 Å². The molecule has 182 valence electrons. The lowest BCUT2D eigenvalue weighted by molar-refractivity contribution is -0.124. The number of hydrazone groups is 1. The number of hydrogen-bond acceptors (Lipinski definition) is 4. The summed E-state index contributed by atoms with van der Waals surface area (Å²) >= 11 is 3.43. The lowest BCUT2D eigenvalue weighted by Crippen LogP contribution is -2.20. The Hall–Kier alpha value is -4.04. The molecule has 0 unspecified atom stereocenters. The summed E-state index contributed by atoms with van der Waals surface area (Å²) < 4.78 is 20.0. The second-order valence-electron chi connectivity index (χ2n) is 7.96. The number of nitrogens with zero attached hydrogens (tertiary/aromatic N) is 1. The van der Waals surface area contributed by atoms with Gasteiger partial charge in [-0.15, -0.1) is 0 Å². The van der Waals surface area contributed by atoms with Gasteiger partial charge in [-0.3, -0.25) is 9.59 Å². The Balaban J connectivity index is 1.38. The normalized spacial score (nSPS) is 10.9. The zero-order valence-electron chi connectivity index (χ0n) is 19.2. The number of halogens is 2. The first-order valence-electron chi connectivity index (χ1n) is 11.2. The molecule has 4 aromatic carbocycles. The molecule has 8 heteroatoms. The summed E-state index contributed by atoms with van der Waals surface area (Å²) in [5, 5.41) is 8.67. The monoisotopic (exact) mass is 547 g/mol. The van der Waals surface area contributed by atoms with E-state index in [-0.39, 0.29) is 18.7 Å². The maximum Gasteiger partial charge on any atom is 0.240 e. The molecule has 6 nitrogen and oxygen atoms in total. The summed E-state index contributed by atoms with van der Waals surface area (Å²) in [4.78, 5) is 24.3. The number of carbonyl (C=O) groups is 2. The van der Waals surface area contributed by atoms with Crippen LogP contribution in [0.5, 0.6) is 5.75 Å². The molecule has 0 aliphatic heterocycles. The number of rotatable bonds is 9. The van der Waals surface area contributed by atoms with Gasteiger partial charge < -0.3 is 10.1 Å². The lowest BCUT2D eigenvalue weighted by Gasteiger charge is -2.12. The Morgan fingerprint density at radius 2 is 1.61 bits per heavy atom. The van der Waals surface area contributed by atoms with Crippen LogP contribution in [0.25, 0.3) is 10.8 Å². The highest BCUT2D eigenvalue weighted by Gasteiger charge is 2.10. The van der Waals surface area contributed by atoms with Crippen molar-refractivity contribution in [1.29, 1.82) is 0 Å². The Morgan fingerprint density at radius 3 is 2.39 bits per heavy atom. The molecule has 0 spiro atoms. The van der Waals surface area contributed by atoms with E-state index in [1.807, 2.05) is 60.7 Å². The number of fused-ring (bicyclic) bond motifs is 1. The zero-order valence-corrected chi connectivity index (χ0v) is 20.8. The third kappa shape index (κ3) is 6.99. The standard InChI is InChI=1S/C28H23BrFN3O3/c29-21-8-5-19(6-9-21)18-36-26-14-7-20-3-1-2-4-24(20)25(26)17-31-33-28(35)16-15-27(34)32-23-12-10-22(30)11-13-23/h1-14,17H,15-16,18H2,(H,32,34)(H,33,35). The molecule has 0 heterocycles. The summed E-state index contributed by atoms with van der Waals surface area (Å²) in [6.07, 6.45) is 1.47. The SMILES string of the molecule is O=C(CCC(=O)Nc1ccc(F)cc1)NN=Cc1c(OCc2ccc(Br)cc2)ccc2ccccc12. The molecule has 4 rings (SSSR count). The highest BCUT2D eigenvalue weighted by Crippen LogP contribution is 2.27. The van der Waals surface area contributed by atoms with E-state index in [0.29, 0.717) is 18.0 Å². The van der Waals surface area contributed by atoms with Crippen LogP contribution >= 0.6 is 15.9 Å². The molecular formula is C28H23BrFN3O3. The number of ether oxygens (including phenoxy) is 1. The molecule has 0 atom stereocenters. The van der Waals surface area contributed by atoms with Crippen LogP contribution < -0.4 is 15.5 Å². The van der Waals surface area contributed by atoms with Gasteiger partial charge in [-0.1, -0.05) is 58.4 Å². The van der Waals surface area contributed by atoms with Gasteiger partial charge in [0.25, 0.3) is 0 Å². The van der Waals surface area contributed by atoms with Crippen molar-refractivity contribution in [1.82, 2.24) is 5.43 Å². The van der Waals surface area contributed by atoms with Crippen molar-refractivity contribution < 1.29 is 18.7 Å². The molecule has 0 aliphatic carbocycles. The first-order chi connectivity index (χ1) is 17.5. The molecule has 36 heavy (non-hydrogen) atoms. The molecule has 0 bridgehead atoms. The Bertz CT molecular complexity index is 1390. The van der Waals surface area contributed by atoms with Crippen molar-refractivity contribution in [3.8, 4) is 5.75 Å². The van der Waals surface area contributed by atoms with Crippen LogP contribution in [-0.2, 0) is 16.2 Å². The van der Waals surface area contributed by atoms with Crippen molar-refractivity contribution >= 4 is 50.4 Å². The number of nitrogens with one attached hydrogen (secondary N) is 2. The van der Waals surface area contributed by atoms with E-state index in [4.69, 9.17) is 4.74 Å². The van der Waals surface area contributed by atoms with Gasteiger partial charge in [0.15, 0.2) is 0 Å². The minimum atomic E-state index is -0.405. The summed E-state index contributed by atoms with van der Waals surface area (Å²) in [6, 6.07) is 25.0. The van der Waals surface area contributed by atoms with Crippen LogP contribution in [0.1, 0.15) is 24.0 Å². The van der Waals surface area contributed by atoms with E-state index in [1.165, 1.54) is 24.3 Å². The summed E-state index contributed by atoms with van der Waals surface area (Å²) in [5.41, 5.74) is 4.69. The minimum absolute atomic E-state index is 0.0332. The minimum Gasteiger partial charge on any atom is -0.488 e. The van der Waals surface area contributed by atoms with Crippen LogP contribution in [0.4, 0.5) is 10.1 Å². The smallest absolute Gasteiger partial charge is 0.240 e. The van der Waals surface area contributed by atoms with Crippen molar-refractivity contribution in [2.75, 3.05) is 5.32 Å². The van der Waals surface area contributed by atoms with Crippen molar-refractivity contribution in [3.63, 3.8) is 0 Å². The summed E-state index contributed by atoms with van der Waals surface area (Å²) in [6.45, 7) is 0.377. The number of hydrogen-bond donors (Lipinski definition) is 2. The van der Waals surface area contributed by atoms with Gasteiger partial charge in [0.2, 0.25) is 11.8 Å². The largest absolute Gasteiger partial charge is 0.488 e. The van der Waals surface area contributed by atoms with Crippen molar-refractivity contribution in [2.45, 2.75) is 19.4 Å². The van der Waals surface area contributed by atoms with Crippen molar-refractivity contribution in [2.24, 2.45) is 5.10 Å². The molecule has 0 aliphatic rings. The van der Waals surface area contributed by atoms with E-state index in [2.05, 4.69) is 31.8 Å². The quantitative estimate of drug-likeness (QED) is 0.193. The van der Waals surface area contributed by atoms with Crippen LogP contribution in [0.3, 0.4) is 0 Å². The molecule has 2 N–H and O–H groups in total. The maximum atomic E-state index is 13.0. The molecule has 0 aromatic heterocycles. The molecule has 0 fully saturated rings. The fourth-order valence-electron chi connectivity index (χ4n) is 3.48. The average molecular weight is 548 g/mol. The van der Waals surface area contributed by atoms with Crippen LogP contribution in [0.15, 0.2) is 94.5 Å². The fraction of sp³-hybridized carbons (Fsp3) is 0.107. The van der Waals surface area contributed by atoms with Gasteiger partial charge in [0.05, 0.1) is 6.21 Å². The maximum absolute atomic E-state index is 13.0. The fourth-order valence-corrected chi connectivity index (χ4v) is 3.75. The summed E-state index contributed by atoms with van der Waals surface area (Å²) in [5.74, 6) is -0.511. The van der Waals surface area contributed by atoms with Gasteiger partial charge >= 0.3 is 0 Å². The van der Waals surface area contributed by atoms with E-state index in [9.17, 15) is 14.0 Å². The van der Waals surface area contributed by atoms with Gasteiger partial charge in [-0.25, -0.2) is 9.82 Å². The second-order valence-corrected chi connectivity index (χ2v) is 8.88. The van der Waals surface area contributed by atoms with Gasteiger partial charge in [0, 0.05) is 28.6 Å². The topological polar surface area (TPSA) is 79.8 Å². The van der Waals surface area contributed by atoms with Gasteiger partial charge in [-0.05, 0) is 58.8 Å². The number of amides is 2. The third-order valence-corrected chi connectivity index (χ3v) is 5.86. The van der Waals surface area contributed by atoms with E-state index in [0.717, 1.165) is 26.4 Å². The highest BCUT2D eigenvalue weighted by molar-refractivity contribution is 9.10. The van der Waals surface area contributed by atoms with Crippen LogP contribution in [0, 0.1) is 5.82 Å². The van der Waals surface area contributed by atoms with E-state index < -0.39 is 11.7 Å². The Morgan fingerprint density at radius 1 is 0.889 bits per heavy atom. The Kier molecular flexibility index (Phi) is 8.41. The lowest BCUT2D eigenvalue weighted by atomic mass is 10.0. The number of anilines is 1. The predicted molar refractivity (Wildman–Crippen MR) is 142 cm³/mol. The average Bonchev–Trinajstić information content (AvgIpc) is 2.89. The highest BCUT2D eigenvalue weighted by atomic mass is 79.9. The van der Waals surface area contributed by atoms with Gasteiger partial charge in [-0.2, -0.15) is 5.10 Å². The zero-order chi connectivity index (χ0) is 25.3. The van der Waals surface area contributed by atoms with Crippen LogP contribution in [0.2, 0.25) is 0 Å². The van der Waals surface area contributed by atoms with Crippen LogP contribution in [-0.4, -0.2) is 18.0 Å². The van der Waals surface area contributed by atoms with E-state index >= 15 is 0 Å². The van der Waals surface area contributed by atoms with Gasteiger partial charge in [0.1, 0.15) is 18.2 Å². The van der Waals surface area contributed by atoms with E-state index in [1.54, 1.807) is 6.21 Å². The predicted octanol–water partition coefficient (Wildman–Crippen LogP) is 6.19. The summed E-state index contributed by atoms with van der Waals surface area (Å²) in [7, 11) is 0. The number of carbonyl (C=O) groups excluding carboxylic acids is 2. The van der Waals surface area contributed by atoms with Crippen molar-refractivity contribution in [3.05, 3.63) is 106 Å². The molecule has 0 saturated heterocycles. The third-order valence-electron chi connectivity index (χ3n) is 5.33. The first-order valence-corrected chi connectivity index (χ1v) is 12.0. The molecular weight excluding hydrogens is 525 g/mol. The first kappa shape index (κ1) is 25.1.